The molecule has 1 fully saturated rings. The average molecular weight is 479 g/mol. The zero-order valence-electron chi connectivity index (χ0n) is 18.6. The van der Waals surface area contributed by atoms with Gasteiger partial charge < -0.3 is 4.90 Å². The van der Waals surface area contributed by atoms with Gasteiger partial charge in [-0.3, -0.25) is 0 Å². The van der Waals surface area contributed by atoms with Crippen LogP contribution in [0.1, 0.15) is 23.8 Å². The summed E-state index contributed by atoms with van der Waals surface area (Å²) in [6.07, 6.45) is 5.05. The molecule has 6 nitrogen and oxygen atoms in total. The van der Waals surface area contributed by atoms with Crippen LogP contribution in [0.15, 0.2) is 53.7 Å². The highest BCUT2D eigenvalue weighted by atomic mass is 32.2. The molecule has 0 spiro atoms. The number of piperazine rings is 1. The molecule has 6 rings (SSSR count). The van der Waals surface area contributed by atoms with Gasteiger partial charge in [-0.15, -0.1) is 11.3 Å². The smallest absolute Gasteiger partial charge is 0.243 e. The van der Waals surface area contributed by atoms with Crippen LogP contribution in [0, 0.1) is 5.92 Å². The molecule has 0 amide bonds. The second-order valence-corrected chi connectivity index (χ2v) is 12.2. The van der Waals surface area contributed by atoms with Crippen molar-refractivity contribution in [2.24, 2.45) is 5.92 Å². The molecule has 1 saturated heterocycles. The van der Waals surface area contributed by atoms with Crippen molar-refractivity contribution < 1.29 is 8.42 Å². The zero-order valence-corrected chi connectivity index (χ0v) is 20.2. The summed E-state index contributed by atoms with van der Waals surface area (Å²) in [5.74, 6) is 1.68. The monoisotopic (exact) mass is 478 g/mol. The van der Waals surface area contributed by atoms with Crippen molar-refractivity contribution in [3.8, 4) is 0 Å². The summed E-state index contributed by atoms with van der Waals surface area (Å²) < 4.78 is 28.3. The minimum Gasteiger partial charge on any atom is -0.353 e. The number of fused-ring (bicyclic) bond motifs is 4. The van der Waals surface area contributed by atoms with Crippen molar-refractivity contribution >= 4 is 48.2 Å². The normalized spacial score (nSPS) is 19.8. The first-order valence-corrected chi connectivity index (χ1v) is 13.8. The summed E-state index contributed by atoms with van der Waals surface area (Å²) in [4.78, 5) is 14.3. The first-order chi connectivity index (χ1) is 16.0. The third kappa shape index (κ3) is 3.61. The summed E-state index contributed by atoms with van der Waals surface area (Å²) in [6, 6.07) is 13.2. The molecule has 0 N–H and O–H groups in total. The SMILES string of the molecule is C[C@@H]1CCc2c(sc3ncnc(N4CCN(S(=O)(=O)c5ccc6ccccc6c5)CC4)c23)C1. The quantitative estimate of drug-likeness (QED) is 0.434. The van der Waals surface area contributed by atoms with Crippen LogP contribution in [-0.2, 0) is 22.9 Å². The van der Waals surface area contributed by atoms with Gasteiger partial charge in [-0.1, -0.05) is 37.3 Å². The molecule has 0 saturated carbocycles. The zero-order chi connectivity index (χ0) is 22.6. The van der Waals surface area contributed by atoms with Gasteiger partial charge in [0, 0.05) is 31.1 Å². The maximum absolute atomic E-state index is 13.4. The molecule has 33 heavy (non-hydrogen) atoms. The number of anilines is 1. The number of hydrogen-bond acceptors (Lipinski definition) is 6. The molecule has 0 radical (unpaired) electrons. The molecule has 3 heterocycles. The van der Waals surface area contributed by atoms with Gasteiger partial charge in [0.25, 0.3) is 0 Å². The molecule has 2 aliphatic rings. The third-order valence-corrected chi connectivity index (χ3v) is 10.0. The van der Waals surface area contributed by atoms with Crippen molar-refractivity contribution in [3.05, 3.63) is 59.2 Å². The summed E-state index contributed by atoms with van der Waals surface area (Å²) in [5.41, 5.74) is 1.41. The Morgan fingerprint density at radius 3 is 2.61 bits per heavy atom. The lowest BCUT2D eigenvalue weighted by molar-refractivity contribution is 0.384. The van der Waals surface area contributed by atoms with Crippen LogP contribution in [-0.4, -0.2) is 48.9 Å². The standard InChI is InChI=1S/C25H26N4O2S2/c1-17-6-9-21-22(14-17)32-25-23(21)24(26-16-27-25)28-10-12-29(13-11-28)33(30,31)20-8-7-18-4-2-3-5-19(18)15-20/h2-5,7-8,15-17H,6,9-14H2,1H3/t17-/m1/s1. The minimum absolute atomic E-state index is 0.361. The number of thiophene rings is 1. The molecular weight excluding hydrogens is 452 g/mol. The van der Waals surface area contributed by atoms with Crippen molar-refractivity contribution in [1.82, 2.24) is 14.3 Å². The van der Waals surface area contributed by atoms with Crippen LogP contribution < -0.4 is 4.90 Å². The van der Waals surface area contributed by atoms with Crippen LogP contribution in [0.4, 0.5) is 5.82 Å². The van der Waals surface area contributed by atoms with E-state index >= 15 is 0 Å². The lowest BCUT2D eigenvalue weighted by Gasteiger charge is -2.35. The Hall–Kier alpha value is -2.55. The third-order valence-electron chi connectivity index (χ3n) is 6.97. The topological polar surface area (TPSA) is 66.4 Å². The first-order valence-electron chi connectivity index (χ1n) is 11.5. The average Bonchev–Trinajstić information content (AvgIpc) is 3.21. The van der Waals surface area contributed by atoms with E-state index in [2.05, 4.69) is 21.8 Å². The number of nitrogens with zero attached hydrogens (tertiary/aromatic N) is 4. The van der Waals surface area contributed by atoms with Crippen LogP contribution in [0.25, 0.3) is 21.0 Å². The second-order valence-electron chi connectivity index (χ2n) is 9.13. The number of benzene rings is 2. The van der Waals surface area contributed by atoms with Gasteiger partial charge in [-0.05, 0) is 53.6 Å². The van der Waals surface area contributed by atoms with E-state index in [-0.39, 0.29) is 0 Å². The molecular formula is C25H26N4O2S2. The van der Waals surface area contributed by atoms with Crippen LogP contribution in [0.5, 0.6) is 0 Å². The van der Waals surface area contributed by atoms with Gasteiger partial charge in [0.1, 0.15) is 17.0 Å². The molecule has 2 aromatic heterocycles. The summed E-state index contributed by atoms with van der Waals surface area (Å²) in [7, 11) is -3.54. The molecule has 4 aromatic rings. The van der Waals surface area contributed by atoms with Gasteiger partial charge in [-0.2, -0.15) is 4.31 Å². The van der Waals surface area contributed by atoms with Gasteiger partial charge in [0.2, 0.25) is 10.0 Å². The van der Waals surface area contributed by atoms with Gasteiger partial charge in [0.05, 0.1) is 10.3 Å². The Kier molecular flexibility index (Phi) is 5.12. The van der Waals surface area contributed by atoms with E-state index < -0.39 is 10.0 Å². The number of aryl methyl sites for hydroxylation is 1. The van der Waals surface area contributed by atoms with E-state index in [1.54, 1.807) is 34.1 Å². The van der Waals surface area contributed by atoms with E-state index in [1.165, 1.54) is 22.2 Å². The predicted molar refractivity (Wildman–Crippen MR) is 134 cm³/mol. The summed E-state index contributed by atoms with van der Waals surface area (Å²) in [6.45, 7) is 4.46. The van der Waals surface area contributed by atoms with Gasteiger partial charge in [0.15, 0.2) is 0 Å². The molecule has 0 unspecified atom stereocenters. The number of aromatic nitrogens is 2. The van der Waals surface area contributed by atoms with Crippen molar-refractivity contribution in [3.63, 3.8) is 0 Å². The Bertz CT molecular complexity index is 1460. The Morgan fingerprint density at radius 2 is 1.79 bits per heavy atom. The molecule has 2 aromatic carbocycles. The highest BCUT2D eigenvalue weighted by Crippen LogP contribution is 2.40. The van der Waals surface area contributed by atoms with E-state index in [0.717, 1.165) is 34.3 Å². The Morgan fingerprint density at radius 1 is 1.00 bits per heavy atom. The fourth-order valence-electron chi connectivity index (χ4n) is 5.12. The second kappa shape index (κ2) is 8.04. The fourth-order valence-corrected chi connectivity index (χ4v) is 7.92. The van der Waals surface area contributed by atoms with Crippen molar-refractivity contribution in [1.29, 1.82) is 0 Å². The Balaban J connectivity index is 1.26. The van der Waals surface area contributed by atoms with Crippen LogP contribution >= 0.6 is 11.3 Å². The molecule has 1 aliphatic heterocycles. The molecule has 0 bridgehead atoms. The number of rotatable bonds is 3. The Labute approximate surface area is 197 Å². The largest absolute Gasteiger partial charge is 0.353 e. The fraction of sp³-hybridized carbons (Fsp3) is 0.360. The van der Waals surface area contributed by atoms with Gasteiger partial charge in [-0.25, -0.2) is 18.4 Å². The van der Waals surface area contributed by atoms with E-state index in [0.29, 0.717) is 37.0 Å². The van der Waals surface area contributed by atoms with Crippen molar-refractivity contribution in [2.45, 2.75) is 31.1 Å². The number of hydrogen-bond donors (Lipinski definition) is 0. The van der Waals surface area contributed by atoms with Gasteiger partial charge >= 0.3 is 0 Å². The highest BCUT2D eigenvalue weighted by molar-refractivity contribution is 7.89. The molecule has 170 valence electrons. The van der Waals surface area contributed by atoms with E-state index in [9.17, 15) is 8.42 Å². The minimum atomic E-state index is -3.54. The van der Waals surface area contributed by atoms with E-state index in [4.69, 9.17) is 0 Å². The first kappa shape index (κ1) is 21.0. The maximum Gasteiger partial charge on any atom is 0.243 e. The predicted octanol–water partition coefficient (Wildman–Crippen LogP) is 4.48. The lowest BCUT2D eigenvalue weighted by atomic mass is 9.89. The number of sulfonamides is 1. The summed E-state index contributed by atoms with van der Waals surface area (Å²) >= 11 is 1.80. The van der Waals surface area contributed by atoms with Crippen LogP contribution in [0.2, 0.25) is 0 Å². The van der Waals surface area contributed by atoms with Crippen molar-refractivity contribution in [2.75, 3.05) is 31.1 Å². The summed E-state index contributed by atoms with van der Waals surface area (Å²) in [5, 5.41) is 3.18. The lowest BCUT2D eigenvalue weighted by Crippen LogP contribution is -2.49. The van der Waals surface area contributed by atoms with E-state index in [1.807, 2.05) is 30.3 Å². The maximum atomic E-state index is 13.4. The molecule has 1 aliphatic carbocycles. The molecule has 8 heteroatoms. The highest BCUT2D eigenvalue weighted by Gasteiger charge is 2.31. The molecule has 1 atom stereocenters. The van der Waals surface area contributed by atoms with Crippen LogP contribution in [0.3, 0.4) is 0 Å².